The molecule has 1 aromatic heterocycles. The number of nitrogens with one attached hydrogen (secondary N) is 1. The number of fused-ring (bicyclic) bond motifs is 1. The first-order chi connectivity index (χ1) is 9.72. The number of methoxy groups -OCH3 is 1. The lowest BCUT2D eigenvalue weighted by Gasteiger charge is -2.10. The van der Waals surface area contributed by atoms with Crippen molar-refractivity contribution in [2.75, 3.05) is 12.5 Å². The monoisotopic (exact) mass is 308 g/mol. The van der Waals surface area contributed by atoms with Gasteiger partial charge < -0.3 is 10.2 Å². The van der Waals surface area contributed by atoms with Crippen LogP contribution in [0.25, 0.3) is 11.4 Å². The van der Waals surface area contributed by atoms with Gasteiger partial charge in [0, 0.05) is 22.6 Å². The van der Waals surface area contributed by atoms with Crippen LogP contribution in [0.15, 0.2) is 18.2 Å². The zero-order valence-corrected chi connectivity index (χ0v) is 12.4. The maximum atomic E-state index is 6.15. The molecule has 0 atom stereocenters. The highest BCUT2D eigenvalue weighted by Crippen LogP contribution is 2.35. The highest BCUT2D eigenvalue weighted by molar-refractivity contribution is 7.98. The van der Waals surface area contributed by atoms with E-state index < -0.39 is 0 Å². The number of hydrogen-bond donors (Lipinski definition) is 2. The number of halogens is 1. The normalized spacial score (nSPS) is 13.2. The number of thioether (sulfide) groups is 1. The van der Waals surface area contributed by atoms with Gasteiger partial charge in [0.05, 0.1) is 17.8 Å². The van der Waals surface area contributed by atoms with Crippen molar-refractivity contribution in [3.05, 3.63) is 34.5 Å². The third-order valence-electron chi connectivity index (χ3n) is 3.12. The average Bonchev–Trinajstić information content (AvgIpc) is 2.94. The van der Waals surface area contributed by atoms with Crippen LogP contribution in [0.5, 0.6) is 5.75 Å². The van der Waals surface area contributed by atoms with Crippen LogP contribution in [0.2, 0.25) is 5.02 Å². The van der Waals surface area contributed by atoms with Crippen molar-refractivity contribution in [1.82, 2.24) is 9.97 Å². The van der Waals surface area contributed by atoms with Gasteiger partial charge in [-0.05, 0) is 18.2 Å². The predicted molar refractivity (Wildman–Crippen MR) is 81.8 cm³/mol. The molecule has 2 heterocycles. The molecule has 0 unspecified atom stereocenters. The zero-order chi connectivity index (χ0) is 14.1. The quantitative estimate of drug-likeness (QED) is 0.671. The van der Waals surface area contributed by atoms with Gasteiger partial charge in [-0.15, -0.1) is 0 Å². The number of hydrogen-bond acceptors (Lipinski definition) is 6. The average molecular weight is 309 g/mol. The van der Waals surface area contributed by atoms with Gasteiger partial charge in [-0.1, -0.05) is 11.6 Å². The molecule has 20 heavy (non-hydrogen) atoms. The maximum Gasteiger partial charge on any atom is 0.161 e. The Morgan fingerprint density at radius 3 is 2.90 bits per heavy atom. The first-order valence-corrected chi connectivity index (χ1v) is 7.54. The number of aromatic nitrogens is 2. The van der Waals surface area contributed by atoms with E-state index >= 15 is 0 Å². The largest absolute Gasteiger partial charge is 0.495 e. The molecule has 1 aromatic carbocycles. The van der Waals surface area contributed by atoms with Gasteiger partial charge in [0.25, 0.3) is 0 Å². The van der Waals surface area contributed by atoms with E-state index in [1.54, 1.807) is 31.0 Å². The highest BCUT2D eigenvalue weighted by atomic mass is 35.5. The molecule has 0 radical (unpaired) electrons. The van der Waals surface area contributed by atoms with Crippen molar-refractivity contribution in [2.45, 2.75) is 11.5 Å². The Morgan fingerprint density at radius 2 is 2.20 bits per heavy atom. The highest BCUT2D eigenvalue weighted by Gasteiger charge is 2.20. The van der Waals surface area contributed by atoms with Crippen LogP contribution in [0, 0.1) is 0 Å². The summed E-state index contributed by atoms with van der Waals surface area (Å²) in [5.41, 5.74) is 5.60. The molecule has 2 aromatic rings. The number of benzene rings is 1. The summed E-state index contributed by atoms with van der Waals surface area (Å²) in [4.78, 5) is 9.07. The summed E-state index contributed by atoms with van der Waals surface area (Å²) in [6.07, 6.45) is 0. The minimum absolute atomic E-state index is 0.533. The molecule has 3 rings (SSSR count). The number of ether oxygens (including phenoxy) is 1. The summed E-state index contributed by atoms with van der Waals surface area (Å²) >= 11 is 7.95. The maximum absolute atomic E-state index is 6.15. The van der Waals surface area contributed by atoms with E-state index in [0.29, 0.717) is 22.4 Å². The molecule has 7 heteroatoms. The summed E-state index contributed by atoms with van der Waals surface area (Å²) in [6.45, 7) is 0. The van der Waals surface area contributed by atoms with Crippen LogP contribution in [0.4, 0.5) is 5.82 Å². The van der Waals surface area contributed by atoms with E-state index in [1.165, 1.54) is 0 Å². The molecule has 1 aliphatic heterocycles. The van der Waals surface area contributed by atoms with Crippen LogP contribution < -0.4 is 16.0 Å². The zero-order valence-electron chi connectivity index (χ0n) is 10.8. The van der Waals surface area contributed by atoms with Crippen molar-refractivity contribution in [2.24, 2.45) is 5.84 Å². The minimum Gasteiger partial charge on any atom is -0.495 e. The lowest BCUT2D eigenvalue weighted by Crippen LogP contribution is -2.12. The van der Waals surface area contributed by atoms with E-state index in [-0.39, 0.29) is 0 Å². The van der Waals surface area contributed by atoms with E-state index in [1.807, 2.05) is 6.07 Å². The Bertz CT molecular complexity index is 665. The van der Waals surface area contributed by atoms with Crippen LogP contribution in [-0.2, 0) is 11.5 Å². The Hall–Kier alpha value is -1.50. The van der Waals surface area contributed by atoms with Gasteiger partial charge in [-0.2, -0.15) is 11.8 Å². The fourth-order valence-electron chi connectivity index (χ4n) is 2.11. The van der Waals surface area contributed by atoms with Gasteiger partial charge in [-0.3, -0.25) is 0 Å². The third-order valence-corrected chi connectivity index (χ3v) is 4.39. The van der Waals surface area contributed by atoms with Crippen molar-refractivity contribution < 1.29 is 4.74 Å². The number of nitrogens with two attached hydrogens (primary N) is 1. The number of nitrogen functional groups attached to an aromatic ring is 1. The number of rotatable bonds is 3. The van der Waals surface area contributed by atoms with E-state index in [0.717, 1.165) is 28.3 Å². The van der Waals surface area contributed by atoms with Crippen molar-refractivity contribution >= 4 is 29.2 Å². The van der Waals surface area contributed by atoms with E-state index in [2.05, 4.69) is 15.4 Å². The van der Waals surface area contributed by atoms with E-state index in [9.17, 15) is 0 Å². The SMILES string of the molecule is COc1ccc(-c2nc3c(c(NN)n2)CSC3)cc1Cl. The molecule has 5 nitrogen and oxygen atoms in total. The van der Waals surface area contributed by atoms with Gasteiger partial charge in [-0.25, -0.2) is 15.8 Å². The first kappa shape index (κ1) is 13.5. The fourth-order valence-corrected chi connectivity index (χ4v) is 3.40. The molecule has 3 N–H and O–H groups in total. The molecule has 0 aliphatic carbocycles. The molecular weight excluding hydrogens is 296 g/mol. The summed E-state index contributed by atoms with van der Waals surface area (Å²) < 4.78 is 5.15. The standard InChI is InChI=1S/C13H13ClN4OS/c1-19-11-3-2-7(4-9(11)14)12-16-10-6-20-5-8(10)13(17-12)18-15/h2-4H,5-6,15H2,1H3,(H,16,17,18). The van der Waals surface area contributed by atoms with Crippen molar-refractivity contribution in [3.63, 3.8) is 0 Å². The lowest BCUT2D eigenvalue weighted by atomic mass is 10.1. The van der Waals surface area contributed by atoms with Crippen molar-refractivity contribution in [1.29, 1.82) is 0 Å². The Morgan fingerprint density at radius 1 is 1.35 bits per heavy atom. The molecule has 0 saturated carbocycles. The smallest absolute Gasteiger partial charge is 0.161 e. The Labute approximate surface area is 125 Å². The second-order valence-electron chi connectivity index (χ2n) is 4.31. The van der Waals surface area contributed by atoms with Gasteiger partial charge >= 0.3 is 0 Å². The minimum atomic E-state index is 0.533. The molecule has 0 saturated heterocycles. The Kier molecular flexibility index (Phi) is 3.69. The van der Waals surface area contributed by atoms with Crippen LogP contribution in [0.3, 0.4) is 0 Å². The molecule has 0 fully saturated rings. The molecule has 1 aliphatic rings. The summed E-state index contributed by atoms with van der Waals surface area (Å²) in [5, 5.41) is 0.533. The van der Waals surface area contributed by atoms with E-state index in [4.69, 9.17) is 22.2 Å². The number of nitrogens with zero attached hydrogens (tertiary/aromatic N) is 2. The summed E-state index contributed by atoms with van der Waals surface area (Å²) in [7, 11) is 1.58. The second kappa shape index (κ2) is 5.47. The summed E-state index contributed by atoms with van der Waals surface area (Å²) in [6, 6.07) is 5.48. The third kappa shape index (κ3) is 2.30. The number of hydrazine groups is 1. The first-order valence-electron chi connectivity index (χ1n) is 6.01. The summed E-state index contributed by atoms with van der Waals surface area (Å²) in [5.74, 6) is 9.24. The predicted octanol–water partition coefficient (Wildman–Crippen LogP) is 2.84. The topological polar surface area (TPSA) is 73.1 Å². The van der Waals surface area contributed by atoms with Crippen molar-refractivity contribution in [3.8, 4) is 17.1 Å². The fraction of sp³-hybridized carbons (Fsp3) is 0.231. The lowest BCUT2D eigenvalue weighted by molar-refractivity contribution is 0.415. The van der Waals surface area contributed by atoms with Gasteiger partial charge in [0.2, 0.25) is 0 Å². The Balaban J connectivity index is 2.08. The molecule has 0 bridgehead atoms. The number of anilines is 1. The molecule has 0 spiro atoms. The molecule has 0 amide bonds. The molecule has 104 valence electrons. The van der Waals surface area contributed by atoms with Gasteiger partial charge in [0.15, 0.2) is 5.82 Å². The van der Waals surface area contributed by atoms with Gasteiger partial charge in [0.1, 0.15) is 11.6 Å². The van der Waals surface area contributed by atoms with Crippen LogP contribution in [0.1, 0.15) is 11.3 Å². The second-order valence-corrected chi connectivity index (χ2v) is 5.70. The molecular formula is C13H13ClN4OS. The van der Waals surface area contributed by atoms with Crippen LogP contribution >= 0.6 is 23.4 Å². The van der Waals surface area contributed by atoms with Crippen LogP contribution in [-0.4, -0.2) is 17.1 Å².